The number of aryl methyl sites for hydroxylation is 2. The van der Waals surface area contributed by atoms with Gasteiger partial charge in [-0.05, 0) is 25.5 Å². The Labute approximate surface area is 70.7 Å². The molecule has 62 valence electrons. The monoisotopic (exact) mass is 171 g/mol. The van der Waals surface area contributed by atoms with Gasteiger partial charge in [-0.25, -0.2) is 0 Å². The van der Waals surface area contributed by atoms with E-state index >= 15 is 0 Å². The number of thiophene rings is 1. The van der Waals surface area contributed by atoms with Crippen LogP contribution in [0.4, 0.5) is 0 Å². The van der Waals surface area contributed by atoms with E-state index in [4.69, 9.17) is 10.8 Å². The maximum absolute atomic E-state index is 8.80. The molecular formula is C8H13NOS. The molecule has 0 fully saturated rings. The first kappa shape index (κ1) is 8.71. The molecular weight excluding hydrogens is 158 g/mol. The Bertz CT molecular complexity index is 244. The summed E-state index contributed by atoms with van der Waals surface area (Å²) in [4.78, 5) is 2.46. The topological polar surface area (TPSA) is 46.2 Å². The summed E-state index contributed by atoms with van der Waals surface area (Å²) in [6, 6.07) is 1.83. The van der Waals surface area contributed by atoms with Crippen molar-refractivity contribution < 1.29 is 5.11 Å². The second kappa shape index (κ2) is 3.34. The van der Waals surface area contributed by atoms with Crippen LogP contribution in [0.3, 0.4) is 0 Å². The second-order valence-corrected chi connectivity index (χ2v) is 4.12. The maximum Gasteiger partial charge on any atom is 0.0624 e. The third-order valence-electron chi connectivity index (χ3n) is 1.68. The molecule has 0 bridgehead atoms. The van der Waals surface area contributed by atoms with E-state index in [9.17, 15) is 0 Å². The molecule has 3 N–H and O–H groups in total. The summed E-state index contributed by atoms with van der Waals surface area (Å²) in [7, 11) is 0. The van der Waals surface area contributed by atoms with Crippen LogP contribution in [-0.4, -0.2) is 11.7 Å². The van der Waals surface area contributed by atoms with Crippen LogP contribution in [0.15, 0.2) is 6.07 Å². The molecule has 1 heterocycles. The normalized spacial score (nSPS) is 13.5. The molecule has 0 aliphatic heterocycles. The van der Waals surface area contributed by atoms with E-state index in [1.54, 1.807) is 11.3 Å². The third kappa shape index (κ3) is 1.80. The Balaban J connectivity index is 2.93. The van der Waals surface area contributed by atoms with Crippen LogP contribution in [0.1, 0.15) is 21.4 Å². The fraction of sp³-hybridized carbons (Fsp3) is 0.500. The van der Waals surface area contributed by atoms with Gasteiger partial charge in [0, 0.05) is 9.75 Å². The quantitative estimate of drug-likeness (QED) is 0.705. The molecule has 0 unspecified atom stereocenters. The number of hydrogen-bond donors (Lipinski definition) is 2. The van der Waals surface area contributed by atoms with Gasteiger partial charge >= 0.3 is 0 Å². The lowest BCUT2D eigenvalue weighted by atomic mass is 10.1. The summed E-state index contributed by atoms with van der Waals surface area (Å²) in [5.41, 5.74) is 6.74. The Morgan fingerprint density at radius 2 is 2.27 bits per heavy atom. The van der Waals surface area contributed by atoms with Gasteiger partial charge < -0.3 is 10.8 Å². The largest absolute Gasteiger partial charge is 0.394 e. The SMILES string of the molecule is Cc1cc([C@@H](N)CO)c(C)s1. The van der Waals surface area contributed by atoms with Gasteiger partial charge in [-0.15, -0.1) is 11.3 Å². The van der Waals surface area contributed by atoms with Gasteiger partial charge in [-0.3, -0.25) is 0 Å². The molecule has 1 rings (SSSR count). The highest BCUT2D eigenvalue weighted by Crippen LogP contribution is 2.24. The summed E-state index contributed by atoms with van der Waals surface area (Å²) >= 11 is 1.72. The average molecular weight is 171 g/mol. The first-order valence-electron chi connectivity index (χ1n) is 3.58. The van der Waals surface area contributed by atoms with Crippen molar-refractivity contribution in [3.8, 4) is 0 Å². The van der Waals surface area contributed by atoms with Crippen LogP contribution in [-0.2, 0) is 0 Å². The summed E-state index contributed by atoms with van der Waals surface area (Å²) in [6.45, 7) is 4.10. The first-order valence-corrected chi connectivity index (χ1v) is 4.40. The minimum atomic E-state index is -0.208. The minimum Gasteiger partial charge on any atom is -0.394 e. The molecule has 1 aromatic rings. The first-order chi connectivity index (χ1) is 5.15. The van der Waals surface area contributed by atoms with Crippen LogP contribution in [0.25, 0.3) is 0 Å². The molecule has 2 nitrogen and oxygen atoms in total. The van der Waals surface area contributed by atoms with Crippen molar-refractivity contribution in [2.45, 2.75) is 19.9 Å². The highest BCUT2D eigenvalue weighted by atomic mass is 32.1. The number of hydrogen-bond acceptors (Lipinski definition) is 3. The van der Waals surface area contributed by atoms with E-state index in [1.165, 1.54) is 9.75 Å². The fourth-order valence-corrected chi connectivity index (χ4v) is 2.11. The number of aliphatic hydroxyl groups excluding tert-OH is 1. The molecule has 0 aliphatic carbocycles. The average Bonchev–Trinajstić information content (AvgIpc) is 2.28. The van der Waals surface area contributed by atoms with Crippen molar-refractivity contribution >= 4 is 11.3 Å². The Morgan fingerprint density at radius 1 is 1.64 bits per heavy atom. The van der Waals surface area contributed by atoms with Gasteiger partial charge in [-0.2, -0.15) is 0 Å². The fourth-order valence-electron chi connectivity index (χ4n) is 1.12. The maximum atomic E-state index is 8.80. The van der Waals surface area contributed by atoms with Crippen molar-refractivity contribution in [2.24, 2.45) is 5.73 Å². The highest BCUT2D eigenvalue weighted by molar-refractivity contribution is 7.12. The standard InChI is InChI=1S/C8H13NOS/c1-5-3-7(6(2)11-5)8(9)4-10/h3,8,10H,4,9H2,1-2H3/t8-/m0/s1. The molecule has 0 radical (unpaired) electrons. The third-order valence-corrected chi connectivity index (χ3v) is 2.66. The van der Waals surface area contributed by atoms with Gasteiger partial charge in [0.2, 0.25) is 0 Å². The van der Waals surface area contributed by atoms with Crippen molar-refractivity contribution in [2.75, 3.05) is 6.61 Å². The van der Waals surface area contributed by atoms with Gasteiger partial charge in [0.05, 0.1) is 12.6 Å². The van der Waals surface area contributed by atoms with E-state index in [0.717, 1.165) is 5.56 Å². The van der Waals surface area contributed by atoms with E-state index in [2.05, 4.69) is 0 Å². The second-order valence-electron chi connectivity index (χ2n) is 2.66. The zero-order chi connectivity index (χ0) is 8.43. The predicted molar refractivity (Wildman–Crippen MR) is 47.8 cm³/mol. The summed E-state index contributed by atoms with van der Waals surface area (Å²) < 4.78 is 0. The molecule has 0 aliphatic rings. The number of rotatable bonds is 2. The van der Waals surface area contributed by atoms with Gasteiger partial charge in [-0.1, -0.05) is 0 Å². The lowest BCUT2D eigenvalue weighted by molar-refractivity contribution is 0.268. The highest BCUT2D eigenvalue weighted by Gasteiger charge is 2.09. The molecule has 0 amide bonds. The molecule has 0 spiro atoms. The molecule has 0 aromatic carbocycles. The Morgan fingerprint density at radius 3 is 2.64 bits per heavy atom. The predicted octanol–water partition coefficient (Wildman–Crippen LogP) is 1.36. The molecule has 1 atom stereocenters. The van der Waals surface area contributed by atoms with Crippen LogP contribution in [0, 0.1) is 13.8 Å². The van der Waals surface area contributed by atoms with Gasteiger partial charge in [0.25, 0.3) is 0 Å². The molecule has 0 saturated heterocycles. The Kier molecular flexibility index (Phi) is 2.65. The lowest BCUT2D eigenvalue weighted by Gasteiger charge is -2.05. The van der Waals surface area contributed by atoms with E-state index in [1.807, 2.05) is 19.9 Å². The van der Waals surface area contributed by atoms with Gasteiger partial charge in [0.1, 0.15) is 0 Å². The van der Waals surface area contributed by atoms with Crippen LogP contribution < -0.4 is 5.73 Å². The zero-order valence-corrected chi connectivity index (χ0v) is 7.61. The molecule has 0 saturated carbocycles. The number of aliphatic hydroxyl groups is 1. The van der Waals surface area contributed by atoms with E-state index < -0.39 is 0 Å². The van der Waals surface area contributed by atoms with Crippen LogP contribution >= 0.6 is 11.3 Å². The molecule has 3 heteroatoms. The van der Waals surface area contributed by atoms with Gasteiger partial charge in [0.15, 0.2) is 0 Å². The van der Waals surface area contributed by atoms with E-state index in [-0.39, 0.29) is 12.6 Å². The van der Waals surface area contributed by atoms with Crippen molar-refractivity contribution in [1.29, 1.82) is 0 Å². The summed E-state index contributed by atoms with van der Waals surface area (Å²) in [6.07, 6.45) is 0. The van der Waals surface area contributed by atoms with Crippen LogP contribution in [0.5, 0.6) is 0 Å². The smallest absolute Gasteiger partial charge is 0.0624 e. The number of nitrogens with two attached hydrogens (primary N) is 1. The van der Waals surface area contributed by atoms with Crippen molar-refractivity contribution in [3.05, 3.63) is 21.4 Å². The van der Waals surface area contributed by atoms with Crippen molar-refractivity contribution in [1.82, 2.24) is 0 Å². The van der Waals surface area contributed by atoms with E-state index in [0.29, 0.717) is 0 Å². The van der Waals surface area contributed by atoms with Crippen LogP contribution in [0.2, 0.25) is 0 Å². The van der Waals surface area contributed by atoms with Crippen molar-refractivity contribution in [3.63, 3.8) is 0 Å². The molecule has 11 heavy (non-hydrogen) atoms. The summed E-state index contributed by atoms with van der Waals surface area (Å²) in [5.74, 6) is 0. The zero-order valence-electron chi connectivity index (χ0n) is 6.79. The summed E-state index contributed by atoms with van der Waals surface area (Å²) in [5, 5.41) is 8.80. The Hall–Kier alpha value is -0.380. The minimum absolute atomic E-state index is 0.0248. The lowest BCUT2D eigenvalue weighted by Crippen LogP contribution is -2.14. The molecule has 1 aromatic heterocycles.